The van der Waals surface area contributed by atoms with E-state index in [2.05, 4.69) is 27.0 Å². The zero-order valence-corrected chi connectivity index (χ0v) is 7.71. The molecule has 0 saturated heterocycles. The van der Waals surface area contributed by atoms with Gasteiger partial charge in [0.15, 0.2) is 0 Å². The van der Waals surface area contributed by atoms with E-state index in [1.807, 2.05) is 17.8 Å². The molecule has 0 aliphatic carbocycles. The van der Waals surface area contributed by atoms with Crippen LogP contribution in [0.4, 0.5) is 0 Å². The molecule has 0 aliphatic rings. The van der Waals surface area contributed by atoms with Gasteiger partial charge in [-0.1, -0.05) is 25.2 Å². The number of rotatable bonds is 5. The molecule has 0 spiro atoms. The topological polar surface area (TPSA) is 0 Å². The summed E-state index contributed by atoms with van der Waals surface area (Å²) in [6.45, 7) is 11.8. The average molecular weight is 156 g/mol. The molecule has 0 aromatic rings. The van der Waals surface area contributed by atoms with E-state index in [4.69, 9.17) is 0 Å². The van der Waals surface area contributed by atoms with Crippen molar-refractivity contribution >= 4 is 11.8 Å². The minimum Gasteiger partial charge on any atom is -0.157 e. The van der Waals surface area contributed by atoms with Crippen LogP contribution >= 0.6 is 11.8 Å². The Balaban J connectivity index is 3.30. The molecule has 58 valence electrons. The van der Waals surface area contributed by atoms with Crippen LogP contribution in [0.5, 0.6) is 0 Å². The molecule has 0 heterocycles. The molecule has 0 aromatic heterocycles. The van der Waals surface area contributed by atoms with Crippen molar-refractivity contribution in [3.8, 4) is 0 Å². The Morgan fingerprint density at radius 2 is 2.30 bits per heavy atom. The first-order valence-corrected chi connectivity index (χ1v) is 4.68. The maximum atomic E-state index is 3.89. The van der Waals surface area contributed by atoms with E-state index in [9.17, 15) is 0 Å². The fourth-order valence-corrected chi connectivity index (χ4v) is 1.41. The minimum absolute atomic E-state index is 0.643. The summed E-state index contributed by atoms with van der Waals surface area (Å²) in [5, 5.41) is 0. The van der Waals surface area contributed by atoms with Crippen molar-refractivity contribution in [3.63, 3.8) is 0 Å². The third-order valence-corrected chi connectivity index (χ3v) is 2.65. The second-order valence-corrected chi connectivity index (χ2v) is 3.65. The maximum absolute atomic E-state index is 3.89. The van der Waals surface area contributed by atoms with Crippen molar-refractivity contribution in [1.29, 1.82) is 0 Å². The van der Waals surface area contributed by atoms with Gasteiger partial charge in [0.1, 0.15) is 0 Å². The number of hydrogen-bond acceptors (Lipinski definition) is 1. The summed E-state index contributed by atoms with van der Waals surface area (Å²) in [4.78, 5) is 0. The molecule has 0 saturated carbocycles. The fourth-order valence-electron chi connectivity index (χ4n) is 0.470. The SMILES string of the molecule is C=CCSCC(C)C(=C)C. The van der Waals surface area contributed by atoms with E-state index >= 15 is 0 Å². The van der Waals surface area contributed by atoms with Crippen molar-refractivity contribution in [2.75, 3.05) is 11.5 Å². The standard InChI is InChI=1S/C9H16S/c1-5-6-10-7-9(4)8(2)3/h5,9H,1-2,6-7H2,3-4H3. The molecule has 0 rings (SSSR count). The van der Waals surface area contributed by atoms with E-state index in [0.29, 0.717) is 5.92 Å². The lowest BCUT2D eigenvalue weighted by Crippen LogP contribution is -1.98. The van der Waals surface area contributed by atoms with Gasteiger partial charge in [-0.3, -0.25) is 0 Å². The Morgan fingerprint density at radius 3 is 2.70 bits per heavy atom. The number of hydrogen-bond donors (Lipinski definition) is 0. The highest BCUT2D eigenvalue weighted by Gasteiger charge is 1.99. The lowest BCUT2D eigenvalue weighted by molar-refractivity contribution is 0.787. The normalized spacial score (nSPS) is 12.6. The van der Waals surface area contributed by atoms with Gasteiger partial charge in [-0.2, -0.15) is 11.8 Å². The van der Waals surface area contributed by atoms with Crippen LogP contribution < -0.4 is 0 Å². The van der Waals surface area contributed by atoms with Gasteiger partial charge < -0.3 is 0 Å². The van der Waals surface area contributed by atoms with Crippen molar-refractivity contribution in [2.24, 2.45) is 5.92 Å². The van der Waals surface area contributed by atoms with Gasteiger partial charge in [0.05, 0.1) is 0 Å². The van der Waals surface area contributed by atoms with Gasteiger partial charge in [0.25, 0.3) is 0 Å². The summed E-state index contributed by atoms with van der Waals surface area (Å²) in [6, 6.07) is 0. The molecule has 0 bridgehead atoms. The van der Waals surface area contributed by atoms with E-state index in [0.717, 1.165) is 5.75 Å². The summed E-state index contributed by atoms with van der Waals surface area (Å²) in [5.74, 6) is 2.86. The third-order valence-electron chi connectivity index (χ3n) is 1.44. The summed E-state index contributed by atoms with van der Waals surface area (Å²) in [6.07, 6.45) is 1.94. The van der Waals surface area contributed by atoms with Crippen molar-refractivity contribution in [2.45, 2.75) is 13.8 Å². The Kier molecular flexibility index (Phi) is 5.51. The van der Waals surface area contributed by atoms with Crippen LogP contribution in [-0.2, 0) is 0 Å². The molecule has 10 heavy (non-hydrogen) atoms. The Morgan fingerprint density at radius 1 is 1.70 bits per heavy atom. The molecule has 1 heteroatoms. The van der Waals surface area contributed by atoms with Crippen LogP contribution in [0.1, 0.15) is 13.8 Å². The quantitative estimate of drug-likeness (QED) is 0.435. The zero-order chi connectivity index (χ0) is 7.98. The predicted octanol–water partition coefficient (Wildman–Crippen LogP) is 3.12. The molecule has 0 fully saturated rings. The van der Waals surface area contributed by atoms with Crippen LogP contribution in [-0.4, -0.2) is 11.5 Å². The van der Waals surface area contributed by atoms with Crippen molar-refractivity contribution in [3.05, 3.63) is 24.8 Å². The van der Waals surface area contributed by atoms with Crippen molar-refractivity contribution in [1.82, 2.24) is 0 Å². The number of allylic oxidation sites excluding steroid dienone is 1. The number of thioether (sulfide) groups is 1. The first-order chi connectivity index (χ1) is 4.68. The summed E-state index contributed by atoms with van der Waals surface area (Å²) in [7, 11) is 0. The van der Waals surface area contributed by atoms with Gasteiger partial charge in [0.2, 0.25) is 0 Å². The van der Waals surface area contributed by atoms with Crippen LogP contribution in [0.25, 0.3) is 0 Å². The monoisotopic (exact) mass is 156 g/mol. The fraction of sp³-hybridized carbons (Fsp3) is 0.556. The maximum Gasteiger partial charge on any atom is 0.0110 e. The average Bonchev–Trinajstić information content (AvgIpc) is 1.88. The highest BCUT2D eigenvalue weighted by Crippen LogP contribution is 2.14. The molecule has 0 radical (unpaired) electrons. The van der Waals surface area contributed by atoms with Gasteiger partial charge in [-0.25, -0.2) is 0 Å². The van der Waals surface area contributed by atoms with Gasteiger partial charge in [0, 0.05) is 5.75 Å². The molecule has 1 unspecified atom stereocenters. The molecular formula is C9H16S. The second-order valence-electron chi connectivity index (χ2n) is 2.57. The van der Waals surface area contributed by atoms with Crippen LogP contribution in [0.2, 0.25) is 0 Å². The first kappa shape index (κ1) is 9.83. The molecule has 0 aliphatic heterocycles. The Bertz CT molecular complexity index is 116. The van der Waals surface area contributed by atoms with Crippen molar-refractivity contribution < 1.29 is 0 Å². The van der Waals surface area contributed by atoms with E-state index in [1.54, 1.807) is 0 Å². The lowest BCUT2D eigenvalue weighted by atomic mass is 10.1. The zero-order valence-electron chi connectivity index (χ0n) is 6.89. The molecule has 1 atom stereocenters. The predicted molar refractivity (Wildman–Crippen MR) is 51.5 cm³/mol. The van der Waals surface area contributed by atoms with Gasteiger partial charge >= 0.3 is 0 Å². The van der Waals surface area contributed by atoms with Crippen LogP contribution in [0.15, 0.2) is 24.8 Å². The largest absolute Gasteiger partial charge is 0.157 e. The minimum atomic E-state index is 0.643. The smallest absolute Gasteiger partial charge is 0.0110 e. The molecule has 0 nitrogen and oxygen atoms in total. The van der Waals surface area contributed by atoms with Crippen LogP contribution in [0, 0.1) is 5.92 Å². The van der Waals surface area contributed by atoms with Crippen LogP contribution in [0.3, 0.4) is 0 Å². The molecule has 0 aromatic carbocycles. The third kappa shape index (κ3) is 4.68. The first-order valence-electron chi connectivity index (χ1n) is 3.52. The summed E-state index contributed by atoms with van der Waals surface area (Å²) < 4.78 is 0. The van der Waals surface area contributed by atoms with Gasteiger partial charge in [-0.05, 0) is 18.6 Å². The molecule has 0 N–H and O–H groups in total. The molecular weight excluding hydrogens is 140 g/mol. The summed E-state index contributed by atoms with van der Waals surface area (Å²) in [5.41, 5.74) is 1.27. The van der Waals surface area contributed by atoms with Gasteiger partial charge in [-0.15, -0.1) is 6.58 Å². The second kappa shape index (κ2) is 5.60. The van der Waals surface area contributed by atoms with E-state index in [1.165, 1.54) is 11.3 Å². The molecule has 0 amide bonds. The van der Waals surface area contributed by atoms with E-state index < -0.39 is 0 Å². The Labute approximate surface area is 68.4 Å². The van der Waals surface area contributed by atoms with E-state index in [-0.39, 0.29) is 0 Å². The Hall–Kier alpha value is -0.170. The highest BCUT2D eigenvalue weighted by atomic mass is 32.2. The summed E-state index contributed by atoms with van der Waals surface area (Å²) >= 11 is 1.91. The highest BCUT2D eigenvalue weighted by molar-refractivity contribution is 7.99. The lowest BCUT2D eigenvalue weighted by Gasteiger charge is -2.08.